The van der Waals surface area contributed by atoms with E-state index in [0.717, 1.165) is 25.1 Å². The molecule has 1 aromatic heterocycles. The Morgan fingerprint density at radius 3 is 2.50 bits per heavy atom. The van der Waals surface area contributed by atoms with E-state index in [1.54, 1.807) is 0 Å². The van der Waals surface area contributed by atoms with Crippen LogP contribution in [0.3, 0.4) is 0 Å². The van der Waals surface area contributed by atoms with Gasteiger partial charge in [-0.25, -0.2) is 4.68 Å². The molecule has 0 N–H and O–H groups in total. The molecule has 0 saturated carbocycles. The molecule has 0 radical (unpaired) electrons. The fraction of sp³-hybridized carbons (Fsp3) is 0.800. The molecule has 0 aliphatic carbocycles. The van der Waals surface area contributed by atoms with Crippen molar-refractivity contribution >= 4 is 11.6 Å². The van der Waals surface area contributed by atoms with Crippen molar-refractivity contribution in [1.29, 1.82) is 0 Å². The van der Waals surface area contributed by atoms with E-state index in [1.165, 1.54) is 0 Å². The summed E-state index contributed by atoms with van der Waals surface area (Å²) < 4.78 is 1.91. The second-order valence-electron chi connectivity index (χ2n) is 4.79. The molecule has 1 rings (SSSR count). The predicted molar refractivity (Wildman–Crippen MR) is 58.5 cm³/mol. The molecule has 4 heteroatoms. The van der Waals surface area contributed by atoms with Crippen molar-refractivity contribution in [2.24, 2.45) is 5.41 Å². The highest BCUT2D eigenvalue weighted by atomic mass is 35.5. The zero-order chi connectivity index (χ0) is 10.8. The Labute approximate surface area is 90.4 Å². The summed E-state index contributed by atoms with van der Waals surface area (Å²) in [4.78, 5) is 0. The molecule has 0 aliphatic heterocycles. The van der Waals surface area contributed by atoms with Crippen molar-refractivity contribution in [3.63, 3.8) is 0 Å². The first kappa shape index (κ1) is 11.5. The summed E-state index contributed by atoms with van der Waals surface area (Å²) in [6.45, 7) is 9.58. The van der Waals surface area contributed by atoms with Gasteiger partial charge in [-0.3, -0.25) is 0 Å². The maximum atomic E-state index is 5.99. The summed E-state index contributed by atoms with van der Waals surface area (Å²) >= 11 is 5.99. The minimum Gasteiger partial charge on any atom is -0.248 e. The van der Waals surface area contributed by atoms with Crippen molar-refractivity contribution in [1.82, 2.24) is 15.0 Å². The van der Waals surface area contributed by atoms with Crippen molar-refractivity contribution in [3.05, 3.63) is 10.8 Å². The lowest BCUT2D eigenvalue weighted by atomic mass is 9.91. The summed E-state index contributed by atoms with van der Waals surface area (Å²) in [5.74, 6) is 0. The van der Waals surface area contributed by atoms with E-state index in [4.69, 9.17) is 11.6 Å². The number of aromatic nitrogens is 3. The van der Waals surface area contributed by atoms with Gasteiger partial charge in [-0.15, -0.1) is 5.10 Å². The summed E-state index contributed by atoms with van der Waals surface area (Å²) in [7, 11) is 0. The van der Waals surface area contributed by atoms with Gasteiger partial charge in [-0.1, -0.05) is 44.5 Å². The van der Waals surface area contributed by atoms with Crippen molar-refractivity contribution in [2.45, 2.75) is 47.1 Å². The van der Waals surface area contributed by atoms with Crippen LogP contribution in [-0.2, 0) is 13.0 Å². The van der Waals surface area contributed by atoms with Crippen molar-refractivity contribution in [3.8, 4) is 0 Å². The predicted octanol–water partition coefficient (Wildman–Crippen LogP) is 2.93. The third-order valence-electron chi connectivity index (χ3n) is 1.92. The highest BCUT2D eigenvalue weighted by Gasteiger charge is 2.18. The van der Waals surface area contributed by atoms with Crippen LogP contribution in [0, 0.1) is 5.41 Å². The highest BCUT2D eigenvalue weighted by Crippen LogP contribution is 2.24. The molecular formula is C10H18ClN3. The summed E-state index contributed by atoms with van der Waals surface area (Å²) in [6, 6.07) is 0. The fourth-order valence-electron chi connectivity index (χ4n) is 1.37. The molecule has 0 bridgehead atoms. The van der Waals surface area contributed by atoms with Gasteiger partial charge in [-0.05, 0) is 18.3 Å². The van der Waals surface area contributed by atoms with Gasteiger partial charge in [0.2, 0.25) is 0 Å². The number of aryl methyl sites for hydroxylation is 1. The normalized spacial score (nSPS) is 12.1. The molecule has 0 fully saturated rings. The summed E-state index contributed by atoms with van der Waals surface area (Å²) in [6.07, 6.45) is 1.97. The van der Waals surface area contributed by atoms with Crippen LogP contribution < -0.4 is 0 Å². The molecule has 0 amide bonds. The Kier molecular flexibility index (Phi) is 3.53. The van der Waals surface area contributed by atoms with Crippen molar-refractivity contribution in [2.75, 3.05) is 0 Å². The Morgan fingerprint density at radius 2 is 2.00 bits per heavy atom. The Hall–Kier alpha value is -0.570. The minimum absolute atomic E-state index is 0.219. The fourth-order valence-corrected chi connectivity index (χ4v) is 1.57. The third kappa shape index (κ3) is 2.98. The lowest BCUT2D eigenvalue weighted by Crippen LogP contribution is -2.14. The van der Waals surface area contributed by atoms with Crippen LogP contribution in [0.2, 0.25) is 5.15 Å². The molecule has 0 atom stereocenters. The zero-order valence-corrected chi connectivity index (χ0v) is 10.1. The van der Waals surface area contributed by atoms with Crippen LogP contribution in [0.5, 0.6) is 0 Å². The zero-order valence-electron chi connectivity index (χ0n) is 9.34. The maximum absolute atomic E-state index is 5.99. The van der Waals surface area contributed by atoms with Gasteiger partial charge < -0.3 is 0 Å². The lowest BCUT2D eigenvalue weighted by molar-refractivity contribution is 0.391. The first-order valence-electron chi connectivity index (χ1n) is 5.02. The molecule has 80 valence electrons. The smallest absolute Gasteiger partial charge is 0.174 e. The van der Waals surface area contributed by atoms with Crippen LogP contribution in [0.1, 0.15) is 39.8 Å². The number of hydrogen-bond acceptors (Lipinski definition) is 2. The first-order chi connectivity index (χ1) is 6.44. The van der Waals surface area contributed by atoms with Gasteiger partial charge in [0, 0.05) is 6.54 Å². The molecule has 14 heavy (non-hydrogen) atoms. The highest BCUT2D eigenvalue weighted by molar-refractivity contribution is 6.30. The van der Waals surface area contributed by atoms with Crippen LogP contribution in [0.4, 0.5) is 0 Å². The molecule has 0 unspecified atom stereocenters. The number of halogens is 1. The monoisotopic (exact) mass is 215 g/mol. The SMILES string of the molecule is CCCn1nnc(Cl)c1CC(C)(C)C. The van der Waals surface area contributed by atoms with E-state index in [-0.39, 0.29) is 5.41 Å². The number of hydrogen-bond donors (Lipinski definition) is 0. The van der Waals surface area contributed by atoms with E-state index in [0.29, 0.717) is 5.15 Å². The topological polar surface area (TPSA) is 30.7 Å². The summed E-state index contributed by atoms with van der Waals surface area (Å²) in [5.41, 5.74) is 1.28. The largest absolute Gasteiger partial charge is 0.248 e. The van der Waals surface area contributed by atoms with Gasteiger partial charge >= 0.3 is 0 Å². The Balaban J connectivity index is 2.88. The first-order valence-corrected chi connectivity index (χ1v) is 5.39. The molecular weight excluding hydrogens is 198 g/mol. The van der Waals surface area contributed by atoms with E-state index < -0.39 is 0 Å². The van der Waals surface area contributed by atoms with Gasteiger partial charge in [0.05, 0.1) is 5.69 Å². The molecule has 0 saturated heterocycles. The van der Waals surface area contributed by atoms with Crippen LogP contribution >= 0.6 is 11.6 Å². The van der Waals surface area contributed by atoms with E-state index in [9.17, 15) is 0 Å². The quantitative estimate of drug-likeness (QED) is 0.776. The standard InChI is InChI=1S/C10H18ClN3/c1-5-6-14-8(7-10(2,3)4)9(11)12-13-14/h5-7H2,1-4H3. The van der Waals surface area contributed by atoms with E-state index in [2.05, 4.69) is 38.0 Å². The van der Waals surface area contributed by atoms with E-state index in [1.807, 2.05) is 4.68 Å². The Bertz CT molecular complexity index is 299. The van der Waals surface area contributed by atoms with Crippen LogP contribution in [0.15, 0.2) is 0 Å². The van der Waals surface area contributed by atoms with Gasteiger partial charge in [0.15, 0.2) is 5.15 Å². The number of nitrogens with zero attached hydrogens (tertiary/aromatic N) is 3. The Morgan fingerprint density at radius 1 is 1.36 bits per heavy atom. The lowest BCUT2D eigenvalue weighted by Gasteiger charge is -2.18. The molecule has 3 nitrogen and oxygen atoms in total. The molecule has 1 heterocycles. The van der Waals surface area contributed by atoms with E-state index >= 15 is 0 Å². The van der Waals surface area contributed by atoms with Crippen molar-refractivity contribution < 1.29 is 0 Å². The third-order valence-corrected chi connectivity index (χ3v) is 2.22. The number of rotatable bonds is 3. The van der Waals surface area contributed by atoms with Gasteiger partial charge in [-0.2, -0.15) is 0 Å². The van der Waals surface area contributed by atoms with Gasteiger partial charge in [0.1, 0.15) is 0 Å². The second-order valence-corrected chi connectivity index (χ2v) is 5.15. The second kappa shape index (κ2) is 4.30. The molecule has 0 spiro atoms. The molecule has 0 aliphatic rings. The summed E-state index contributed by atoms with van der Waals surface area (Å²) in [5, 5.41) is 8.47. The average Bonchev–Trinajstić information content (AvgIpc) is 2.34. The molecule has 1 aromatic rings. The minimum atomic E-state index is 0.219. The molecule has 0 aromatic carbocycles. The maximum Gasteiger partial charge on any atom is 0.174 e. The van der Waals surface area contributed by atoms with Crippen LogP contribution in [0.25, 0.3) is 0 Å². The van der Waals surface area contributed by atoms with Crippen LogP contribution in [-0.4, -0.2) is 15.0 Å². The van der Waals surface area contributed by atoms with Gasteiger partial charge in [0.25, 0.3) is 0 Å². The average molecular weight is 216 g/mol.